The molecular weight excluding hydrogens is 337 g/mol. The van der Waals surface area contributed by atoms with E-state index in [-0.39, 0.29) is 17.6 Å². The van der Waals surface area contributed by atoms with Gasteiger partial charge in [0.15, 0.2) is 5.65 Å². The first-order valence-corrected chi connectivity index (χ1v) is 7.35. The van der Waals surface area contributed by atoms with Crippen LogP contribution in [0.15, 0.2) is 46.1 Å². The number of nitrogens with zero attached hydrogens (tertiary/aromatic N) is 4. The van der Waals surface area contributed by atoms with Crippen LogP contribution in [0.2, 0.25) is 0 Å². The van der Waals surface area contributed by atoms with Crippen molar-refractivity contribution in [1.82, 2.24) is 18.9 Å². The lowest BCUT2D eigenvalue weighted by Gasteiger charge is -2.19. The van der Waals surface area contributed by atoms with E-state index in [0.29, 0.717) is 11.3 Å². The summed E-state index contributed by atoms with van der Waals surface area (Å²) >= 11 is 0. The van der Waals surface area contributed by atoms with Crippen molar-refractivity contribution < 1.29 is 13.2 Å². The zero-order valence-electron chi connectivity index (χ0n) is 12.9. The highest BCUT2D eigenvalue weighted by Gasteiger charge is 2.31. The fraction of sp³-hybridized carbons (Fsp3) is 0.188. The summed E-state index contributed by atoms with van der Waals surface area (Å²) in [5.74, 6) is 0. The molecule has 0 unspecified atom stereocenters. The first-order valence-electron chi connectivity index (χ1n) is 7.35. The molecule has 0 saturated carbocycles. The summed E-state index contributed by atoms with van der Waals surface area (Å²) in [6, 6.07) is 4.85. The average Bonchev–Trinajstić information content (AvgIpc) is 3.02. The largest absolute Gasteiger partial charge is 0.416 e. The molecule has 6 nitrogen and oxygen atoms in total. The number of alkyl halides is 3. The third kappa shape index (κ3) is 2.15. The van der Waals surface area contributed by atoms with Gasteiger partial charge in [0.05, 0.1) is 17.5 Å². The predicted octanol–water partition coefficient (Wildman–Crippen LogP) is 1.82. The van der Waals surface area contributed by atoms with E-state index in [1.54, 1.807) is 6.08 Å². The fourth-order valence-electron chi connectivity index (χ4n) is 2.99. The van der Waals surface area contributed by atoms with E-state index >= 15 is 0 Å². The molecule has 3 heterocycles. The molecular formula is C16H11F3N4O2. The van der Waals surface area contributed by atoms with Gasteiger partial charge in [0.2, 0.25) is 0 Å². The van der Waals surface area contributed by atoms with Gasteiger partial charge in [0, 0.05) is 19.2 Å². The van der Waals surface area contributed by atoms with Crippen LogP contribution >= 0.6 is 0 Å². The molecule has 1 aliphatic rings. The van der Waals surface area contributed by atoms with Crippen LogP contribution in [0.4, 0.5) is 13.2 Å². The van der Waals surface area contributed by atoms with Crippen LogP contribution < -0.4 is 11.2 Å². The number of hydrogen-bond acceptors (Lipinski definition) is 3. The summed E-state index contributed by atoms with van der Waals surface area (Å²) < 4.78 is 42.6. The zero-order valence-corrected chi connectivity index (χ0v) is 12.9. The Morgan fingerprint density at radius 3 is 2.68 bits per heavy atom. The van der Waals surface area contributed by atoms with Crippen LogP contribution in [0, 0.1) is 0 Å². The second-order valence-corrected chi connectivity index (χ2v) is 5.72. The van der Waals surface area contributed by atoms with E-state index in [0.717, 1.165) is 16.7 Å². The van der Waals surface area contributed by atoms with Crippen molar-refractivity contribution in [3.63, 3.8) is 0 Å². The third-order valence-corrected chi connectivity index (χ3v) is 4.23. The van der Waals surface area contributed by atoms with Crippen molar-refractivity contribution >= 4 is 16.7 Å². The van der Waals surface area contributed by atoms with Crippen LogP contribution in [0.25, 0.3) is 16.7 Å². The number of halogens is 3. The summed E-state index contributed by atoms with van der Waals surface area (Å²) in [5.41, 5.74) is -0.788. The molecule has 0 atom stereocenters. The minimum atomic E-state index is -4.46. The molecule has 128 valence electrons. The molecule has 0 aliphatic carbocycles. The molecule has 0 N–H and O–H groups in total. The highest BCUT2D eigenvalue weighted by Crippen LogP contribution is 2.32. The molecule has 1 aliphatic heterocycles. The Hall–Kier alpha value is -3.10. The van der Waals surface area contributed by atoms with Gasteiger partial charge in [0.1, 0.15) is 5.39 Å². The lowest BCUT2D eigenvalue weighted by atomic mass is 10.1. The molecule has 0 amide bonds. The maximum Gasteiger partial charge on any atom is 0.416 e. The average molecular weight is 348 g/mol. The van der Waals surface area contributed by atoms with Gasteiger partial charge >= 0.3 is 11.9 Å². The Morgan fingerprint density at radius 2 is 1.96 bits per heavy atom. The van der Waals surface area contributed by atoms with E-state index in [9.17, 15) is 22.8 Å². The van der Waals surface area contributed by atoms with Crippen LogP contribution in [0.3, 0.4) is 0 Å². The van der Waals surface area contributed by atoms with E-state index in [1.165, 1.54) is 34.6 Å². The SMILES string of the molecule is Cn1c(=O)c2cnn3c2n(c1=O)CC=C3c1cccc(C(F)(F)F)c1. The smallest absolute Gasteiger partial charge is 0.273 e. The monoisotopic (exact) mass is 348 g/mol. The highest BCUT2D eigenvalue weighted by atomic mass is 19.4. The molecule has 9 heteroatoms. The van der Waals surface area contributed by atoms with Gasteiger partial charge in [-0.1, -0.05) is 12.1 Å². The second kappa shape index (κ2) is 4.95. The number of aromatic nitrogens is 4. The van der Waals surface area contributed by atoms with Crippen LogP contribution in [-0.2, 0) is 19.8 Å². The molecule has 0 bridgehead atoms. The van der Waals surface area contributed by atoms with Crippen molar-refractivity contribution in [3.05, 3.63) is 68.5 Å². The minimum absolute atomic E-state index is 0.140. The van der Waals surface area contributed by atoms with Crippen molar-refractivity contribution in [3.8, 4) is 0 Å². The molecule has 2 aromatic heterocycles. The standard InChI is InChI=1S/C16H11F3N4O2/c1-21-14(24)11-8-20-23-12(5-6-22(13(11)23)15(21)25)9-3-2-4-10(7-9)16(17,18)19/h2-5,7-8H,6H2,1H3. The lowest BCUT2D eigenvalue weighted by Crippen LogP contribution is -2.39. The highest BCUT2D eigenvalue weighted by molar-refractivity contribution is 5.82. The molecule has 0 saturated heterocycles. The van der Waals surface area contributed by atoms with Crippen molar-refractivity contribution in [2.24, 2.45) is 7.05 Å². The van der Waals surface area contributed by atoms with Gasteiger partial charge in [-0.2, -0.15) is 18.3 Å². The second-order valence-electron chi connectivity index (χ2n) is 5.72. The van der Waals surface area contributed by atoms with Gasteiger partial charge in [-0.05, 0) is 18.2 Å². The Balaban J connectivity index is 1.96. The maximum atomic E-state index is 13.0. The maximum absolute atomic E-state index is 13.0. The first kappa shape index (κ1) is 15.4. The molecule has 0 radical (unpaired) electrons. The van der Waals surface area contributed by atoms with E-state index in [4.69, 9.17) is 0 Å². The molecule has 3 aromatic rings. The van der Waals surface area contributed by atoms with E-state index in [2.05, 4.69) is 5.10 Å². The predicted molar refractivity (Wildman–Crippen MR) is 84.1 cm³/mol. The van der Waals surface area contributed by atoms with Gasteiger partial charge in [-0.25, -0.2) is 9.48 Å². The molecule has 4 rings (SSSR count). The number of benzene rings is 1. The summed E-state index contributed by atoms with van der Waals surface area (Å²) in [6.07, 6.45) is -1.53. The van der Waals surface area contributed by atoms with Gasteiger partial charge in [-0.15, -0.1) is 0 Å². The third-order valence-electron chi connectivity index (χ3n) is 4.23. The van der Waals surface area contributed by atoms with Crippen LogP contribution in [-0.4, -0.2) is 18.9 Å². The van der Waals surface area contributed by atoms with Crippen molar-refractivity contribution in [1.29, 1.82) is 0 Å². The zero-order chi connectivity index (χ0) is 17.9. The molecule has 0 spiro atoms. The fourth-order valence-corrected chi connectivity index (χ4v) is 2.99. The quantitative estimate of drug-likeness (QED) is 0.674. The van der Waals surface area contributed by atoms with Crippen LogP contribution in [0.5, 0.6) is 0 Å². The van der Waals surface area contributed by atoms with Gasteiger partial charge in [-0.3, -0.25) is 13.9 Å². The lowest BCUT2D eigenvalue weighted by molar-refractivity contribution is -0.137. The van der Waals surface area contributed by atoms with Gasteiger partial charge < -0.3 is 0 Å². The number of hydrogen-bond donors (Lipinski definition) is 0. The normalized spacial score (nSPS) is 14.0. The Bertz CT molecular complexity index is 1160. The van der Waals surface area contributed by atoms with Crippen molar-refractivity contribution in [2.75, 3.05) is 0 Å². The summed E-state index contributed by atoms with van der Waals surface area (Å²) in [4.78, 5) is 24.5. The molecule has 25 heavy (non-hydrogen) atoms. The summed E-state index contributed by atoms with van der Waals surface area (Å²) in [7, 11) is 1.37. The topological polar surface area (TPSA) is 61.8 Å². The summed E-state index contributed by atoms with van der Waals surface area (Å²) in [5, 5.41) is 4.35. The van der Waals surface area contributed by atoms with Gasteiger partial charge in [0.25, 0.3) is 5.56 Å². The van der Waals surface area contributed by atoms with E-state index in [1.807, 2.05) is 0 Å². The number of rotatable bonds is 1. The summed E-state index contributed by atoms with van der Waals surface area (Å²) in [6.45, 7) is 0.140. The molecule has 1 aromatic carbocycles. The number of allylic oxidation sites excluding steroid dienone is 1. The van der Waals surface area contributed by atoms with E-state index < -0.39 is 23.0 Å². The Labute approximate surface area is 138 Å². The minimum Gasteiger partial charge on any atom is -0.273 e. The Morgan fingerprint density at radius 1 is 1.20 bits per heavy atom. The first-order chi connectivity index (χ1) is 11.8. The Kier molecular flexibility index (Phi) is 3.05. The molecule has 0 fully saturated rings. The van der Waals surface area contributed by atoms with Crippen LogP contribution in [0.1, 0.15) is 11.1 Å². The van der Waals surface area contributed by atoms with Crippen molar-refractivity contribution in [2.45, 2.75) is 12.7 Å².